The molecule has 3 nitrogen and oxygen atoms in total. The molecule has 0 aliphatic heterocycles. The van der Waals surface area contributed by atoms with Crippen LogP contribution in [-0.4, -0.2) is 19.4 Å². The molecule has 13 heavy (non-hydrogen) atoms. The van der Waals surface area contributed by atoms with Gasteiger partial charge in [-0.05, 0) is 19.4 Å². The van der Waals surface area contributed by atoms with Crippen molar-refractivity contribution in [3.05, 3.63) is 12.2 Å². The molecule has 76 valence electrons. The predicted octanol–water partition coefficient (Wildman–Crippen LogP) is 2.90. The van der Waals surface area contributed by atoms with Gasteiger partial charge in [-0.2, -0.15) is 0 Å². The van der Waals surface area contributed by atoms with Crippen molar-refractivity contribution >= 4 is 6.16 Å². The molecule has 0 rings (SSSR count). The van der Waals surface area contributed by atoms with Crippen LogP contribution in [0.25, 0.3) is 0 Å². The number of allylic oxidation sites excluding steroid dienone is 1. The Morgan fingerprint density at radius 3 is 2.77 bits per heavy atom. The Bertz CT molecular complexity index is 164. The molecule has 0 aromatic heterocycles. The molecule has 0 aromatic carbocycles. The van der Waals surface area contributed by atoms with Crippen LogP contribution in [0, 0.1) is 0 Å². The molecule has 0 aliphatic rings. The van der Waals surface area contributed by atoms with Crippen LogP contribution in [0.15, 0.2) is 12.2 Å². The van der Waals surface area contributed by atoms with Gasteiger partial charge in [-0.25, -0.2) is 4.79 Å². The molecular formula is C10H18O3. The van der Waals surface area contributed by atoms with Gasteiger partial charge >= 0.3 is 6.16 Å². The molecule has 0 fully saturated rings. The van der Waals surface area contributed by atoms with Crippen molar-refractivity contribution in [1.82, 2.24) is 0 Å². The van der Waals surface area contributed by atoms with Crippen LogP contribution in [0.1, 0.15) is 33.1 Å². The van der Waals surface area contributed by atoms with Crippen molar-refractivity contribution in [3.63, 3.8) is 0 Å². The fourth-order valence-corrected chi connectivity index (χ4v) is 0.849. The van der Waals surface area contributed by atoms with Crippen molar-refractivity contribution < 1.29 is 14.3 Å². The summed E-state index contributed by atoms with van der Waals surface area (Å²) >= 11 is 0. The number of ether oxygens (including phenoxy) is 2. The van der Waals surface area contributed by atoms with E-state index in [1.807, 2.05) is 12.2 Å². The molecule has 0 unspecified atom stereocenters. The lowest BCUT2D eigenvalue weighted by Gasteiger charge is -2.06. The van der Waals surface area contributed by atoms with E-state index < -0.39 is 6.16 Å². The van der Waals surface area contributed by atoms with Crippen LogP contribution in [0.3, 0.4) is 0 Å². The number of carbonyl (C=O) groups is 1. The Kier molecular flexibility index (Phi) is 7.07. The fraction of sp³-hybridized carbons (Fsp3) is 0.700. The van der Waals surface area contributed by atoms with E-state index in [2.05, 4.69) is 11.7 Å². The zero-order chi connectivity index (χ0) is 10.1. The summed E-state index contributed by atoms with van der Waals surface area (Å²) in [6.45, 7) is 3.95. The first-order chi connectivity index (χ1) is 6.20. The van der Waals surface area contributed by atoms with Crippen molar-refractivity contribution in [1.29, 1.82) is 0 Å². The number of rotatable bonds is 5. The van der Waals surface area contributed by atoms with Gasteiger partial charge < -0.3 is 9.47 Å². The smallest absolute Gasteiger partial charge is 0.438 e. The van der Waals surface area contributed by atoms with Gasteiger partial charge in [-0.15, -0.1) is 0 Å². The van der Waals surface area contributed by atoms with Crippen molar-refractivity contribution in [3.8, 4) is 0 Å². The quantitative estimate of drug-likeness (QED) is 0.376. The minimum atomic E-state index is -0.632. The Hall–Kier alpha value is -0.990. The molecule has 3 heteroatoms. The zero-order valence-corrected chi connectivity index (χ0v) is 8.58. The summed E-state index contributed by atoms with van der Waals surface area (Å²) < 4.78 is 9.19. The van der Waals surface area contributed by atoms with Crippen LogP contribution in [0.2, 0.25) is 0 Å². The molecule has 0 aromatic rings. The molecule has 0 saturated carbocycles. The summed E-state index contributed by atoms with van der Waals surface area (Å²) in [5.74, 6) is 0. The van der Waals surface area contributed by atoms with Crippen LogP contribution >= 0.6 is 0 Å². The summed E-state index contributed by atoms with van der Waals surface area (Å²) in [7, 11) is 1.30. The van der Waals surface area contributed by atoms with Gasteiger partial charge in [0.15, 0.2) is 0 Å². The van der Waals surface area contributed by atoms with Crippen molar-refractivity contribution in [2.24, 2.45) is 0 Å². The van der Waals surface area contributed by atoms with Crippen LogP contribution in [0.4, 0.5) is 4.79 Å². The van der Waals surface area contributed by atoms with Gasteiger partial charge in [-0.3, -0.25) is 0 Å². The molecule has 0 N–H and O–H groups in total. The van der Waals surface area contributed by atoms with Crippen LogP contribution in [0.5, 0.6) is 0 Å². The molecule has 0 radical (unpaired) electrons. The summed E-state index contributed by atoms with van der Waals surface area (Å²) in [4.78, 5) is 10.6. The van der Waals surface area contributed by atoms with Crippen LogP contribution in [-0.2, 0) is 9.47 Å². The number of hydrogen-bond donors (Lipinski definition) is 0. The molecule has 0 aliphatic carbocycles. The summed E-state index contributed by atoms with van der Waals surface area (Å²) in [5.41, 5.74) is 0. The summed E-state index contributed by atoms with van der Waals surface area (Å²) in [6, 6.07) is 0. The highest BCUT2D eigenvalue weighted by Crippen LogP contribution is 1.99. The van der Waals surface area contributed by atoms with E-state index in [9.17, 15) is 4.79 Å². The minimum Gasteiger partial charge on any atom is -0.438 e. The van der Waals surface area contributed by atoms with E-state index in [-0.39, 0.29) is 6.10 Å². The van der Waals surface area contributed by atoms with E-state index in [1.165, 1.54) is 20.0 Å². The third-order valence-corrected chi connectivity index (χ3v) is 1.58. The van der Waals surface area contributed by atoms with E-state index in [1.54, 1.807) is 6.92 Å². The lowest BCUT2D eigenvalue weighted by Crippen LogP contribution is -2.12. The Balaban J connectivity index is 3.54. The Morgan fingerprint density at radius 1 is 1.54 bits per heavy atom. The fourth-order valence-electron chi connectivity index (χ4n) is 0.849. The Morgan fingerprint density at radius 2 is 2.23 bits per heavy atom. The first kappa shape index (κ1) is 12.0. The van der Waals surface area contributed by atoms with Gasteiger partial charge in [0.2, 0.25) is 0 Å². The number of carbonyl (C=O) groups excluding carboxylic acids is 1. The second kappa shape index (κ2) is 7.65. The monoisotopic (exact) mass is 186 g/mol. The third-order valence-electron chi connectivity index (χ3n) is 1.58. The lowest BCUT2D eigenvalue weighted by atomic mass is 10.2. The SMILES string of the molecule is CCCC/C=C/[C@@H](C)OC(=O)OC. The molecular weight excluding hydrogens is 168 g/mol. The summed E-state index contributed by atoms with van der Waals surface area (Å²) in [5, 5.41) is 0. The summed E-state index contributed by atoms with van der Waals surface area (Å²) in [6.07, 6.45) is 6.43. The number of hydrogen-bond acceptors (Lipinski definition) is 3. The third kappa shape index (κ3) is 7.37. The molecule has 0 amide bonds. The zero-order valence-electron chi connectivity index (χ0n) is 8.58. The predicted molar refractivity (Wildman–Crippen MR) is 51.6 cm³/mol. The molecule has 0 heterocycles. The lowest BCUT2D eigenvalue weighted by molar-refractivity contribution is 0.0578. The van der Waals surface area contributed by atoms with E-state index in [4.69, 9.17) is 4.74 Å². The standard InChI is InChI=1S/C10H18O3/c1-4-5-6-7-8-9(2)13-10(11)12-3/h7-9H,4-6H2,1-3H3/b8-7+/t9-/m1/s1. The Labute approximate surface area is 79.7 Å². The minimum absolute atomic E-state index is 0.204. The average molecular weight is 186 g/mol. The molecule has 0 spiro atoms. The van der Waals surface area contributed by atoms with Crippen LogP contribution < -0.4 is 0 Å². The van der Waals surface area contributed by atoms with E-state index >= 15 is 0 Å². The normalized spacial score (nSPS) is 12.8. The molecule has 0 bridgehead atoms. The van der Waals surface area contributed by atoms with Crippen molar-refractivity contribution in [2.45, 2.75) is 39.2 Å². The number of methoxy groups -OCH3 is 1. The highest BCUT2D eigenvalue weighted by Gasteiger charge is 2.04. The first-order valence-corrected chi connectivity index (χ1v) is 4.62. The maximum Gasteiger partial charge on any atom is 0.508 e. The number of unbranched alkanes of at least 4 members (excludes halogenated alkanes) is 2. The highest BCUT2D eigenvalue weighted by atomic mass is 16.7. The average Bonchev–Trinajstić information content (AvgIpc) is 2.12. The van der Waals surface area contributed by atoms with Crippen molar-refractivity contribution in [2.75, 3.05) is 7.11 Å². The van der Waals surface area contributed by atoms with Gasteiger partial charge in [-0.1, -0.05) is 25.8 Å². The van der Waals surface area contributed by atoms with Gasteiger partial charge in [0, 0.05) is 0 Å². The highest BCUT2D eigenvalue weighted by molar-refractivity contribution is 5.59. The second-order valence-electron chi connectivity index (χ2n) is 2.85. The van der Waals surface area contributed by atoms with Gasteiger partial charge in [0.25, 0.3) is 0 Å². The second-order valence-corrected chi connectivity index (χ2v) is 2.85. The van der Waals surface area contributed by atoms with E-state index in [0.29, 0.717) is 0 Å². The molecule has 0 saturated heterocycles. The maximum atomic E-state index is 10.6. The molecule has 1 atom stereocenters. The topological polar surface area (TPSA) is 35.5 Å². The maximum absolute atomic E-state index is 10.6. The first-order valence-electron chi connectivity index (χ1n) is 4.62. The van der Waals surface area contributed by atoms with Gasteiger partial charge in [0.1, 0.15) is 6.10 Å². The largest absolute Gasteiger partial charge is 0.508 e. The van der Waals surface area contributed by atoms with E-state index in [0.717, 1.165) is 6.42 Å². The van der Waals surface area contributed by atoms with Gasteiger partial charge in [0.05, 0.1) is 7.11 Å².